The highest BCUT2D eigenvalue weighted by molar-refractivity contribution is 8.00. The van der Waals surface area contributed by atoms with Gasteiger partial charge in [-0.1, -0.05) is 6.07 Å². The summed E-state index contributed by atoms with van der Waals surface area (Å²) in [5.41, 5.74) is 12.7. The number of nitrogens with one attached hydrogen (secondary N) is 1. The summed E-state index contributed by atoms with van der Waals surface area (Å²) in [5.74, 6) is 0.420. The number of rotatable bonds is 4. The molecule has 1 unspecified atom stereocenters. The van der Waals surface area contributed by atoms with Crippen molar-refractivity contribution >= 4 is 35.2 Å². The third-order valence-corrected chi connectivity index (χ3v) is 2.71. The smallest absolute Gasteiger partial charge is 0.118 e. The molecule has 1 atom stereocenters. The molecule has 0 aromatic heterocycles. The maximum atomic E-state index is 7.17. The van der Waals surface area contributed by atoms with Crippen LogP contribution >= 0.6 is 11.8 Å². The normalized spacial score (nSPS) is 13.5. The number of hydrogen-bond acceptors (Lipinski definition) is 4. The lowest BCUT2D eigenvalue weighted by Crippen LogP contribution is -2.26. The van der Waals surface area contributed by atoms with E-state index >= 15 is 0 Å². The van der Waals surface area contributed by atoms with Gasteiger partial charge < -0.3 is 16.9 Å². The first-order valence-corrected chi connectivity index (χ1v) is 5.69. The van der Waals surface area contributed by atoms with Crippen LogP contribution in [0.5, 0.6) is 0 Å². The van der Waals surface area contributed by atoms with Gasteiger partial charge in [0.05, 0.1) is 10.9 Å². The summed E-state index contributed by atoms with van der Waals surface area (Å²) in [6.07, 6.45) is 3.16. The summed E-state index contributed by atoms with van der Waals surface area (Å²) in [6, 6.07) is 7.18. The van der Waals surface area contributed by atoms with Gasteiger partial charge >= 0.3 is 0 Å². The molecule has 0 bridgehead atoms. The maximum Gasteiger partial charge on any atom is 0.118 e. The Bertz CT molecular complexity index is 375. The summed E-state index contributed by atoms with van der Waals surface area (Å²) < 4.78 is 0. The minimum absolute atomic E-state index is 0.175. The Morgan fingerprint density at radius 3 is 2.87 bits per heavy atom. The number of nitrogen functional groups attached to an aromatic ring is 1. The van der Waals surface area contributed by atoms with Crippen LogP contribution in [0, 0.1) is 5.41 Å². The van der Waals surface area contributed by atoms with Gasteiger partial charge in [-0.05, 0) is 24.5 Å². The molecule has 0 amide bonds. The molecule has 0 radical (unpaired) electrons. The minimum Gasteiger partial charge on any atom is -0.399 e. The Kier molecular flexibility index (Phi) is 4.17. The van der Waals surface area contributed by atoms with Gasteiger partial charge in [0, 0.05) is 11.9 Å². The zero-order chi connectivity index (χ0) is 11.3. The van der Waals surface area contributed by atoms with E-state index in [9.17, 15) is 0 Å². The van der Waals surface area contributed by atoms with Crippen LogP contribution in [0.15, 0.2) is 29.3 Å². The number of amidine groups is 1. The topological polar surface area (TPSA) is 88.2 Å². The molecule has 80 valence electrons. The van der Waals surface area contributed by atoms with Crippen molar-refractivity contribution in [3.63, 3.8) is 0 Å². The molecule has 0 saturated carbocycles. The molecular formula is C10H14N4S. The lowest BCUT2D eigenvalue weighted by atomic mass is 10.3. The highest BCUT2D eigenvalue weighted by atomic mass is 32.2. The molecule has 15 heavy (non-hydrogen) atoms. The molecule has 0 aliphatic rings. The summed E-state index contributed by atoms with van der Waals surface area (Å²) in [6.45, 7) is 0. The standard InChI is InChI=1S/C10H14N4S/c1-15-9(6-11)10(13)14-8-4-2-3-7(12)5-8/h2-6,9,11H,12H2,1H3,(H2,13,14). The zero-order valence-corrected chi connectivity index (χ0v) is 9.29. The van der Waals surface area contributed by atoms with E-state index in [0.717, 1.165) is 0 Å². The predicted molar refractivity (Wildman–Crippen MR) is 68.2 cm³/mol. The molecule has 1 aromatic carbocycles. The molecule has 0 aliphatic carbocycles. The fourth-order valence-corrected chi connectivity index (χ4v) is 1.51. The van der Waals surface area contributed by atoms with Crippen molar-refractivity contribution in [2.24, 2.45) is 10.7 Å². The number of anilines is 1. The van der Waals surface area contributed by atoms with Gasteiger partial charge in [-0.15, -0.1) is 11.8 Å². The molecule has 0 spiro atoms. The van der Waals surface area contributed by atoms with Crippen LogP contribution in [-0.4, -0.2) is 23.6 Å². The fraction of sp³-hybridized carbons (Fsp3) is 0.200. The van der Waals surface area contributed by atoms with Gasteiger partial charge in [0.1, 0.15) is 5.84 Å². The first kappa shape index (κ1) is 11.6. The van der Waals surface area contributed by atoms with E-state index < -0.39 is 0 Å². The first-order valence-electron chi connectivity index (χ1n) is 4.40. The van der Waals surface area contributed by atoms with Crippen LogP contribution in [0.3, 0.4) is 0 Å². The fourth-order valence-electron chi connectivity index (χ4n) is 1.08. The Hall–Kier alpha value is -1.49. The molecular weight excluding hydrogens is 208 g/mol. The number of aliphatic imine (C=N–C) groups is 1. The summed E-state index contributed by atoms with van der Waals surface area (Å²) in [7, 11) is 0. The minimum atomic E-state index is -0.175. The lowest BCUT2D eigenvalue weighted by Gasteiger charge is -2.07. The van der Waals surface area contributed by atoms with Crippen LogP contribution in [0.2, 0.25) is 0 Å². The van der Waals surface area contributed by atoms with Crippen LogP contribution < -0.4 is 11.5 Å². The van der Waals surface area contributed by atoms with E-state index in [2.05, 4.69) is 4.99 Å². The van der Waals surface area contributed by atoms with Gasteiger partial charge in [-0.2, -0.15) is 0 Å². The van der Waals surface area contributed by atoms with Gasteiger partial charge in [-0.25, -0.2) is 4.99 Å². The third-order valence-electron chi connectivity index (χ3n) is 1.83. The highest BCUT2D eigenvalue weighted by Gasteiger charge is 2.07. The number of thioether (sulfide) groups is 1. The summed E-state index contributed by atoms with van der Waals surface area (Å²) in [4.78, 5) is 4.20. The Morgan fingerprint density at radius 1 is 1.60 bits per heavy atom. The molecule has 0 fully saturated rings. The van der Waals surface area contributed by atoms with E-state index in [1.807, 2.05) is 18.4 Å². The second-order valence-corrected chi connectivity index (χ2v) is 3.93. The van der Waals surface area contributed by atoms with Crippen molar-refractivity contribution in [3.05, 3.63) is 24.3 Å². The molecule has 1 rings (SSSR count). The van der Waals surface area contributed by atoms with Gasteiger partial charge in [0.2, 0.25) is 0 Å². The Labute approximate surface area is 93.3 Å². The van der Waals surface area contributed by atoms with E-state index in [1.54, 1.807) is 12.1 Å². The molecule has 5 N–H and O–H groups in total. The third kappa shape index (κ3) is 3.28. The van der Waals surface area contributed by atoms with Crippen molar-refractivity contribution in [1.29, 1.82) is 5.41 Å². The molecule has 0 saturated heterocycles. The van der Waals surface area contributed by atoms with Crippen molar-refractivity contribution < 1.29 is 0 Å². The number of hydrogen-bond donors (Lipinski definition) is 3. The second kappa shape index (κ2) is 5.41. The first-order chi connectivity index (χ1) is 7.17. The Morgan fingerprint density at radius 2 is 2.33 bits per heavy atom. The van der Waals surface area contributed by atoms with Gasteiger partial charge in [-0.3, -0.25) is 0 Å². The quantitative estimate of drug-likeness (QED) is 0.411. The Balaban J connectivity index is 2.91. The average molecular weight is 222 g/mol. The lowest BCUT2D eigenvalue weighted by molar-refractivity contribution is 1.39. The van der Waals surface area contributed by atoms with Crippen LogP contribution in [-0.2, 0) is 0 Å². The molecule has 4 nitrogen and oxygen atoms in total. The zero-order valence-electron chi connectivity index (χ0n) is 8.47. The van der Waals surface area contributed by atoms with E-state index in [-0.39, 0.29) is 5.25 Å². The maximum absolute atomic E-state index is 7.17. The van der Waals surface area contributed by atoms with Crippen molar-refractivity contribution in [2.45, 2.75) is 5.25 Å². The largest absolute Gasteiger partial charge is 0.399 e. The van der Waals surface area contributed by atoms with Crippen LogP contribution in [0.25, 0.3) is 0 Å². The van der Waals surface area contributed by atoms with E-state index in [1.165, 1.54) is 18.0 Å². The van der Waals surface area contributed by atoms with Crippen LogP contribution in [0.4, 0.5) is 11.4 Å². The van der Waals surface area contributed by atoms with Crippen molar-refractivity contribution in [2.75, 3.05) is 12.0 Å². The van der Waals surface area contributed by atoms with Gasteiger partial charge in [0.15, 0.2) is 0 Å². The monoisotopic (exact) mass is 222 g/mol. The predicted octanol–water partition coefficient (Wildman–Crippen LogP) is 1.64. The summed E-state index contributed by atoms with van der Waals surface area (Å²) in [5, 5.41) is 6.99. The number of benzene rings is 1. The second-order valence-electron chi connectivity index (χ2n) is 2.95. The molecule has 5 heteroatoms. The molecule has 0 heterocycles. The number of nitrogens with two attached hydrogens (primary N) is 2. The molecule has 0 aliphatic heterocycles. The molecule has 1 aromatic rings. The highest BCUT2D eigenvalue weighted by Crippen LogP contribution is 2.16. The van der Waals surface area contributed by atoms with Gasteiger partial charge in [0.25, 0.3) is 0 Å². The van der Waals surface area contributed by atoms with Crippen LogP contribution in [0.1, 0.15) is 0 Å². The SMILES string of the molecule is CSC(C=N)C(N)=Nc1cccc(N)c1. The average Bonchev–Trinajstić information content (AvgIpc) is 2.19. The summed E-state index contributed by atoms with van der Waals surface area (Å²) >= 11 is 1.47. The van der Waals surface area contributed by atoms with E-state index in [0.29, 0.717) is 17.2 Å². The van der Waals surface area contributed by atoms with Crippen molar-refractivity contribution in [3.8, 4) is 0 Å². The number of nitrogens with zero attached hydrogens (tertiary/aromatic N) is 1. The van der Waals surface area contributed by atoms with Crippen molar-refractivity contribution in [1.82, 2.24) is 0 Å². The van der Waals surface area contributed by atoms with E-state index in [4.69, 9.17) is 16.9 Å².